The summed E-state index contributed by atoms with van der Waals surface area (Å²) < 4.78 is 1.90. The van der Waals surface area contributed by atoms with Gasteiger partial charge < -0.3 is 10.3 Å². The summed E-state index contributed by atoms with van der Waals surface area (Å²) in [5.41, 5.74) is 6.05. The van der Waals surface area contributed by atoms with Gasteiger partial charge in [-0.15, -0.1) is 11.3 Å². The van der Waals surface area contributed by atoms with E-state index in [1.165, 1.54) is 0 Å². The van der Waals surface area contributed by atoms with Gasteiger partial charge in [0, 0.05) is 24.3 Å². The zero-order valence-electron chi connectivity index (χ0n) is 7.64. The van der Waals surface area contributed by atoms with Crippen molar-refractivity contribution in [3.63, 3.8) is 0 Å². The molecule has 2 rings (SSSR count). The molecule has 2 heterocycles. The third kappa shape index (κ3) is 1.56. The molecule has 3 nitrogen and oxygen atoms in total. The van der Waals surface area contributed by atoms with Crippen molar-refractivity contribution in [1.29, 1.82) is 0 Å². The molecule has 0 amide bonds. The largest absolute Gasteiger partial charge is 0.336 e. The van der Waals surface area contributed by atoms with Gasteiger partial charge in [-0.2, -0.15) is 0 Å². The smallest absolute Gasteiger partial charge is 0.130 e. The van der Waals surface area contributed by atoms with E-state index in [0.29, 0.717) is 5.02 Å². The van der Waals surface area contributed by atoms with Gasteiger partial charge in [-0.25, -0.2) is 4.98 Å². The van der Waals surface area contributed by atoms with Gasteiger partial charge in [0.25, 0.3) is 0 Å². The predicted molar refractivity (Wildman–Crippen MR) is 58.6 cm³/mol. The second kappa shape index (κ2) is 3.73. The van der Waals surface area contributed by atoms with Gasteiger partial charge in [0.2, 0.25) is 0 Å². The van der Waals surface area contributed by atoms with Crippen molar-refractivity contribution >= 4 is 22.9 Å². The Balaban J connectivity index is 2.38. The molecule has 0 aliphatic heterocycles. The Bertz CT molecular complexity index is 394. The molecule has 0 aromatic carbocycles. The van der Waals surface area contributed by atoms with E-state index in [1.807, 2.05) is 29.3 Å². The number of nitrogens with two attached hydrogens (primary N) is 1. The first-order valence-electron chi connectivity index (χ1n) is 4.16. The van der Waals surface area contributed by atoms with Crippen LogP contribution in [0.1, 0.15) is 16.7 Å². The highest BCUT2D eigenvalue weighted by molar-refractivity contribution is 7.10. The predicted octanol–water partition coefficient (Wildman–Crippen LogP) is 2.18. The molecule has 0 aliphatic carbocycles. The molecule has 0 saturated carbocycles. The van der Waals surface area contributed by atoms with Crippen LogP contribution in [-0.4, -0.2) is 9.55 Å². The molecule has 0 radical (unpaired) electrons. The maximum absolute atomic E-state index is 6.05. The Morgan fingerprint density at radius 2 is 2.43 bits per heavy atom. The second-order valence-corrected chi connectivity index (χ2v) is 4.36. The van der Waals surface area contributed by atoms with Crippen LogP contribution in [0.3, 0.4) is 0 Å². The van der Waals surface area contributed by atoms with E-state index >= 15 is 0 Å². The van der Waals surface area contributed by atoms with E-state index in [9.17, 15) is 0 Å². The molecule has 2 aromatic rings. The van der Waals surface area contributed by atoms with Crippen molar-refractivity contribution in [3.8, 4) is 0 Å². The molecular formula is C9H10ClN3S. The summed E-state index contributed by atoms with van der Waals surface area (Å²) >= 11 is 7.55. The molecule has 0 bridgehead atoms. The summed E-state index contributed by atoms with van der Waals surface area (Å²) in [7, 11) is 1.92. The maximum Gasteiger partial charge on any atom is 0.130 e. The minimum absolute atomic E-state index is 0.234. The summed E-state index contributed by atoms with van der Waals surface area (Å²) in [6.45, 7) is 0. The highest BCUT2D eigenvalue weighted by atomic mass is 35.5. The van der Waals surface area contributed by atoms with Crippen molar-refractivity contribution in [1.82, 2.24) is 9.55 Å². The Morgan fingerprint density at radius 3 is 2.93 bits per heavy atom. The minimum atomic E-state index is -0.234. The summed E-state index contributed by atoms with van der Waals surface area (Å²) in [6, 6.07) is 1.62. The topological polar surface area (TPSA) is 43.8 Å². The van der Waals surface area contributed by atoms with E-state index < -0.39 is 0 Å². The molecular weight excluding hydrogens is 218 g/mol. The molecule has 0 saturated heterocycles. The van der Waals surface area contributed by atoms with E-state index in [0.717, 1.165) is 10.7 Å². The molecule has 5 heteroatoms. The SMILES string of the molecule is Cn1ccnc1C(N)c1sccc1Cl. The number of halogens is 1. The lowest BCUT2D eigenvalue weighted by atomic mass is 10.2. The quantitative estimate of drug-likeness (QED) is 0.855. The van der Waals surface area contributed by atoms with Crippen LogP contribution in [0.4, 0.5) is 0 Å². The Labute approximate surface area is 91.1 Å². The molecule has 0 aliphatic rings. The third-order valence-electron chi connectivity index (χ3n) is 2.06. The minimum Gasteiger partial charge on any atom is -0.336 e. The number of aryl methyl sites for hydroxylation is 1. The van der Waals surface area contributed by atoms with Crippen molar-refractivity contribution < 1.29 is 0 Å². The van der Waals surface area contributed by atoms with Crippen molar-refractivity contribution in [2.24, 2.45) is 12.8 Å². The van der Waals surface area contributed by atoms with Gasteiger partial charge in [-0.05, 0) is 11.4 Å². The first-order chi connectivity index (χ1) is 6.70. The first-order valence-corrected chi connectivity index (χ1v) is 5.41. The highest BCUT2D eigenvalue weighted by Gasteiger charge is 2.17. The molecule has 2 N–H and O–H groups in total. The number of nitrogens with zero attached hydrogens (tertiary/aromatic N) is 2. The number of rotatable bonds is 2. The molecule has 1 atom stereocenters. The maximum atomic E-state index is 6.05. The zero-order chi connectivity index (χ0) is 10.1. The molecule has 14 heavy (non-hydrogen) atoms. The first kappa shape index (κ1) is 9.71. The van der Waals surface area contributed by atoms with Gasteiger partial charge in [-0.3, -0.25) is 0 Å². The molecule has 74 valence electrons. The average molecular weight is 228 g/mol. The molecule has 1 unspecified atom stereocenters. The fourth-order valence-corrected chi connectivity index (χ4v) is 2.49. The van der Waals surface area contributed by atoms with Gasteiger partial charge in [-0.1, -0.05) is 11.6 Å². The lowest BCUT2D eigenvalue weighted by Gasteiger charge is -2.09. The van der Waals surface area contributed by atoms with E-state index in [2.05, 4.69) is 4.98 Å². The van der Waals surface area contributed by atoms with Crippen LogP contribution in [0, 0.1) is 0 Å². The Morgan fingerprint density at radius 1 is 1.64 bits per heavy atom. The van der Waals surface area contributed by atoms with Crippen LogP contribution in [0.2, 0.25) is 5.02 Å². The summed E-state index contributed by atoms with van der Waals surface area (Å²) in [5, 5.41) is 2.64. The average Bonchev–Trinajstić information content (AvgIpc) is 2.73. The summed E-state index contributed by atoms with van der Waals surface area (Å²) in [4.78, 5) is 5.16. The zero-order valence-corrected chi connectivity index (χ0v) is 9.22. The van der Waals surface area contributed by atoms with Crippen molar-refractivity contribution in [2.45, 2.75) is 6.04 Å². The number of aromatic nitrogens is 2. The van der Waals surface area contributed by atoms with Crippen molar-refractivity contribution in [3.05, 3.63) is 39.6 Å². The molecule has 0 fully saturated rings. The van der Waals surface area contributed by atoms with E-state index in [1.54, 1.807) is 17.5 Å². The molecule has 0 spiro atoms. The van der Waals surface area contributed by atoms with Crippen LogP contribution >= 0.6 is 22.9 Å². The summed E-state index contributed by atoms with van der Waals surface area (Å²) in [6.07, 6.45) is 3.60. The van der Waals surface area contributed by atoms with Crippen molar-refractivity contribution in [2.75, 3.05) is 0 Å². The van der Waals surface area contributed by atoms with Gasteiger partial charge in [0.15, 0.2) is 0 Å². The third-order valence-corrected chi connectivity index (χ3v) is 3.51. The van der Waals surface area contributed by atoms with E-state index in [-0.39, 0.29) is 6.04 Å². The summed E-state index contributed by atoms with van der Waals surface area (Å²) in [5.74, 6) is 0.828. The van der Waals surface area contributed by atoms with Crippen LogP contribution < -0.4 is 5.73 Å². The Hall–Kier alpha value is -0.840. The monoisotopic (exact) mass is 227 g/mol. The van der Waals surface area contributed by atoms with E-state index in [4.69, 9.17) is 17.3 Å². The van der Waals surface area contributed by atoms with Crippen LogP contribution in [-0.2, 0) is 7.05 Å². The second-order valence-electron chi connectivity index (χ2n) is 3.01. The van der Waals surface area contributed by atoms with Gasteiger partial charge in [0.05, 0.1) is 11.1 Å². The fourth-order valence-electron chi connectivity index (χ4n) is 1.32. The van der Waals surface area contributed by atoms with Crippen LogP contribution in [0.5, 0.6) is 0 Å². The molecule has 2 aromatic heterocycles. The fraction of sp³-hybridized carbons (Fsp3) is 0.222. The lowest BCUT2D eigenvalue weighted by Crippen LogP contribution is -2.15. The number of thiophene rings is 1. The normalized spacial score (nSPS) is 13.1. The van der Waals surface area contributed by atoms with Gasteiger partial charge >= 0.3 is 0 Å². The van der Waals surface area contributed by atoms with Crippen LogP contribution in [0.25, 0.3) is 0 Å². The lowest BCUT2D eigenvalue weighted by molar-refractivity contribution is 0.726. The number of hydrogen-bond donors (Lipinski definition) is 1. The van der Waals surface area contributed by atoms with Crippen LogP contribution in [0.15, 0.2) is 23.8 Å². The number of imidazole rings is 1. The van der Waals surface area contributed by atoms with Gasteiger partial charge in [0.1, 0.15) is 5.82 Å². The highest BCUT2D eigenvalue weighted by Crippen LogP contribution is 2.30. The Kier molecular flexibility index (Phi) is 2.58. The number of hydrogen-bond acceptors (Lipinski definition) is 3. The standard InChI is InChI=1S/C9H10ClN3S/c1-13-4-3-12-9(13)7(11)8-6(10)2-5-14-8/h2-5,7H,11H2,1H3.